The maximum atomic E-state index is 12.2. The van der Waals surface area contributed by atoms with E-state index in [4.69, 9.17) is 11.6 Å². The number of nitrogens with zero attached hydrogens (tertiary/aromatic N) is 2. The molecule has 1 aromatic heterocycles. The first-order valence-electron chi connectivity index (χ1n) is 6.65. The second-order valence-corrected chi connectivity index (χ2v) is 5.67. The van der Waals surface area contributed by atoms with Gasteiger partial charge < -0.3 is 4.57 Å². The Morgan fingerprint density at radius 3 is 2.65 bits per heavy atom. The fourth-order valence-corrected chi connectivity index (χ4v) is 2.45. The second-order valence-electron chi connectivity index (χ2n) is 5.26. The summed E-state index contributed by atoms with van der Waals surface area (Å²) >= 11 is 6.07. The van der Waals surface area contributed by atoms with Crippen LogP contribution in [0.1, 0.15) is 18.4 Å². The van der Waals surface area contributed by atoms with Crippen LogP contribution >= 0.6 is 11.6 Å². The molecule has 1 heterocycles. The Morgan fingerprint density at radius 2 is 1.95 bits per heavy atom. The van der Waals surface area contributed by atoms with Crippen molar-refractivity contribution >= 4 is 11.6 Å². The average molecular weight is 291 g/mol. The number of halogens is 1. The third-order valence-corrected chi connectivity index (χ3v) is 4.12. The molecule has 4 nitrogen and oxygen atoms in total. The molecule has 5 heteroatoms. The third-order valence-electron chi connectivity index (χ3n) is 3.71. The van der Waals surface area contributed by atoms with Crippen LogP contribution in [0.15, 0.2) is 40.2 Å². The van der Waals surface area contributed by atoms with Crippen LogP contribution in [0.25, 0.3) is 5.69 Å². The van der Waals surface area contributed by atoms with Crippen molar-refractivity contribution in [3.05, 3.63) is 61.9 Å². The molecule has 0 amide bonds. The van der Waals surface area contributed by atoms with Gasteiger partial charge in [-0.1, -0.05) is 17.7 Å². The Bertz CT molecular complexity index is 772. The molecule has 0 radical (unpaired) electrons. The molecule has 1 aliphatic rings. The summed E-state index contributed by atoms with van der Waals surface area (Å²) in [7, 11) is 0. The normalized spacial score (nSPS) is 14.5. The molecule has 0 saturated heterocycles. The zero-order chi connectivity index (χ0) is 14.3. The van der Waals surface area contributed by atoms with E-state index < -0.39 is 11.1 Å². The van der Waals surface area contributed by atoms with E-state index in [1.165, 1.54) is 9.13 Å². The summed E-state index contributed by atoms with van der Waals surface area (Å²) in [6.07, 6.45) is 5.61. The minimum atomic E-state index is -0.529. The maximum Gasteiger partial charge on any atom is 0.320 e. The van der Waals surface area contributed by atoms with Crippen molar-refractivity contribution in [2.45, 2.75) is 26.3 Å². The van der Waals surface area contributed by atoms with E-state index in [0.29, 0.717) is 23.2 Å². The van der Waals surface area contributed by atoms with Crippen LogP contribution in [-0.4, -0.2) is 9.13 Å². The van der Waals surface area contributed by atoms with Crippen LogP contribution in [0.2, 0.25) is 5.02 Å². The predicted molar refractivity (Wildman–Crippen MR) is 78.8 cm³/mol. The summed E-state index contributed by atoms with van der Waals surface area (Å²) in [6, 6.07) is 5.32. The van der Waals surface area contributed by atoms with Crippen LogP contribution in [0, 0.1) is 12.8 Å². The molecule has 1 aromatic carbocycles. The van der Waals surface area contributed by atoms with E-state index in [1.807, 2.05) is 6.92 Å². The first-order chi connectivity index (χ1) is 9.58. The number of benzene rings is 1. The van der Waals surface area contributed by atoms with Crippen molar-refractivity contribution in [2.24, 2.45) is 5.92 Å². The van der Waals surface area contributed by atoms with E-state index in [-0.39, 0.29) is 0 Å². The third kappa shape index (κ3) is 2.31. The molecule has 2 aromatic rings. The Hall–Kier alpha value is -1.81. The van der Waals surface area contributed by atoms with Gasteiger partial charge in [-0.05, 0) is 43.4 Å². The van der Waals surface area contributed by atoms with Gasteiger partial charge in [-0.3, -0.25) is 14.2 Å². The monoisotopic (exact) mass is 290 g/mol. The zero-order valence-corrected chi connectivity index (χ0v) is 11.9. The number of hydrogen-bond donors (Lipinski definition) is 0. The van der Waals surface area contributed by atoms with Gasteiger partial charge in [-0.15, -0.1) is 0 Å². The minimum absolute atomic E-state index is 0.473. The van der Waals surface area contributed by atoms with E-state index in [1.54, 1.807) is 30.6 Å². The van der Waals surface area contributed by atoms with Gasteiger partial charge in [0.25, 0.3) is 0 Å². The summed E-state index contributed by atoms with van der Waals surface area (Å²) in [5.74, 6) is 0.552. The molecule has 0 unspecified atom stereocenters. The van der Waals surface area contributed by atoms with Crippen molar-refractivity contribution < 1.29 is 0 Å². The van der Waals surface area contributed by atoms with Crippen LogP contribution in [0.3, 0.4) is 0 Å². The molecule has 0 aliphatic heterocycles. The molecule has 3 rings (SSSR count). The average Bonchev–Trinajstić information content (AvgIpc) is 3.23. The summed E-state index contributed by atoms with van der Waals surface area (Å²) in [4.78, 5) is 24.4. The summed E-state index contributed by atoms with van der Waals surface area (Å²) in [6.45, 7) is 2.48. The molecule has 1 saturated carbocycles. The summed E-state index contributed by atoms with van der Waals surface area (Å²) in [5, 5.41) is 0.580. The van der Waals surface area contributed by atoms with Gasteiger partial charge in [0, 0.05) is 24.0 Å². The highest BCUT2D eigenvalue weighted by Crippen LogP contribution is 2.29. The highest BCUT2D eigenvalue weighted by Gasteiger charge is 2.22. The van der Waals surface area contributed by atoms with Gasteiger partial charge in [0.05, 0.1) is 5.69 Å². The molecular formula is C15H15ClN2O2. The Balaban J connectivity index is 2.11. The van der Waals surface area contributed by atoms with Gasteiger partial charge >= 0.3 is 11.1 Å². The van der Waals surface area contributed by atoms with Crippen LogP contribution in [0.5, 0.6) is 0 Å². The Labute approximate surface area is 121 Å². The van der Waals surface area contributed by atoms with E-state index in [2.05, 4.69) is 0 Å². The quantitative estimate of drug-likeness (QED) is 0.815. The largest absolute Gasteiger partial charge is 0.320 e. The van der Waals surface area contributed by atoms with Gasteiger partial charge in [-0.25, -0.2) is 0 Å². The van der Waals surface area contributed by atoms with Crippen LogP contribution in [0.4, 0.5) is 0 Å². The number of aromatic nitrogens is 2. The van der Waals surface area contributed by atoms with Gasteiger partial charge in [0.1, 0.15) is 0 Å². The first-order valence-corrected chi connectivity index (χ1v) is 7.03. The van der Waals surface area contributed by atoms with Crippen molar-refractivity contribution in [3.8, 4) is 5.69 Å². The van der Waals surface area contributed by atoms with Crippen molar-refractivity contribution in [1.82, 2.24) is 9.13 Å². The molecule has 0 N–H and O–H groups in total. The Kier molecular flexibility index (Phi) is 3.26. The van der Waals surface area contributed by atoms with E-state index in [0.717, 1.165) is 18.4 Å². The Morgan fingerprint density at radius 1 is 1.20 bits per heavy atom. The minimum Gasteiger partial charge on any atom is -0.309 e. The molecule has 20 heavy (non-hydrogen) atoms. The van der Waals surface area contributed by atoms with Crippen molar-refractivity contribution in [2.75, 3.05) is 0 Å². The maximum absolute atomic E-state index is 12.2. The standard InChI is InChI=1S/C15H15ClN2O2/c1-10-12(16)3-2-4-13(10)18-8-7-17(9-11-5-6-11)14(19)15(18)20/h2-4,7-8,11H,5-6,9H2,1H3. The lowest BCUT2D eigenvalue weighted by Gasteiger charge is -2.11. The van der Waals surface area contributed by atoms with Gasteiger partial charge in [-0.2, -0.15) is 0 Å². The molecule has 0 atom stereocenters. The lowest BCUT2D eigenvalue weighted by Crippen LogP contribution is -2.40. The highest BCUT2D eigenvalue weighted by atomic mass is 35.5. The van der Waals surface area contributed by atoms with E-state index >= 15 is 0 Å². The van der Waals surface area contributed by atoms with Gasteiger partial charge in [0.15, 0.2) is 0 Å². The second kappa shape index (κ2) is 4.94. The molecular weight excluding hydrogens is 276 g/mol. The van der Waals surface area contributed by atoms with E-state index in [9.17, 15) is 9.59 Å². The first kappa shape index (κ1) is 13.2. The fourth-order valence-electron chi connectivity index (χ4n) is 2.28. The van der Waals surface area contributed by atoms with Crippen molar-refractivity contribution in [3.63, 3.8) is 0 Å². The topological polar surface area (TPSA) is 44.0 Å². The van der Waals surface area contributed by atoms with Crippen molar-refractivity contribution in [1.29, 1.82) is 0 Å². The highest BCUT2D eigenvalue weighted by molar-refractivity contribution is 6.31. The lowest BCUT2D eigenvalue weighted by atomic mass is 10.2. The molecule has 1 fully saturated rings. The molecule has 104 valence electrons. The van der Waals surface area contributed by atoms with Crippen LogP contribution in [-0.2, 0) is 6.54 Å². The van der Waals surface area contributed by atoms with Crippen LogP contribution < -0.4 is 11.1 Å². The number of rotatable bonds is 3. The molecule has 0 bridgehead atoms. The smallest absolute Gasteiger partial charge is 0.309 e. The summed E-state index contributed by atoms with van der Waals surface area (Å²) in [5.41, 5.74) is 0.436. The number of hydrogen-bond acceptors (Lipinski definition) is 2. The fraction of sp³-hybridized carbons (Fsp3) is 0.333. The summed E-state index contributed by atoms with van der Waals surface area (Å²) < 4.78 is 2.88. The lowest BCUT2D eigenvalue weighted by molar-refractivity contribution is 0.591. The van der Waals surface area contributed by atoms with Gasteiger partial charge in [0.2, 0.25) is 0 Å². The molecule has 1 aliphatic carbocycles. The predicted octanol–water partition coefficient (Wildman–Crippen LogP) is 2.37. The molecule has 0 spiro atoms. The SMILES string of the molecule is Cc1c(Cl)cccc1-n1ccn(CC2CC2)c(=O)c1=O. The zero-order valence-electron chi connectivity index (χ0n) is 11.2.